The molecule has 1 rings (SSSR count). The topological polar surface area (TPSA) is 24.9 Å². The molecule has 0 unspecified atom stereocenters. The number of halogens is 1. The van der Waals surface area contributed by atoms with Crippen LogP contribution in [0.2, 0.25) is 0 Å². The first-order chi connectivity index (χ1) is 5.86. The third-order valence-electron chi connectivity index (χ3n) is 1.50. The van der Waals surface area contributed by atoms with Gasteiger partial charge in [0.05, 0.1) is 5.69 Å². The Labute approximate surface area is 71.8 Å². The van der Waals surface area contributed by atoms with Gasteiger partial charge < -0.3 is 5.32 Å². The minimum atomic E-state index is -0.498. The van der Waals surface area contributed by atoms with E-state index in [0.717, 1.165) is 18.8 Å². The van der Waals surface area contributed by atoms with Crippen molar-refractivity contribution < 1.29 is 4.39 Å². The van der Waals surface area contributed by atoms with Gasteiger partial charge in [-0.2, -0.15) is 0 Å². The maximum atomic E-state index is 12.1. The molecule has 0 aliphatic heterocycles. The summed E-state index contributed by atoms with van der Waals surface area (Å²) in [6.45, 7) is 2.45. The van der Waals surface area contributed by atoms with Gasteiger partial charge in [-0.15, -0.1) is 0 Å². The maximum Gasteiger partial charge on any atom is 0.132 e. The van der Waals surface area contributed by atoms with Crippen molar-refractivity contribution in [2.24, 2.45) is 0 Å². The second-order valence-electron chi connectivity index (χ2n) is 2.57. The predicted octanol–water partition coefficient (Wildman–Crippen LogP) is 2.37. The number of anilines is 1. The summed E-state index contributed by atoms with van der Waals surface area (Å²) >= 11 is 0. The molecule has 1 aromatic rings. The number of alkyl halides is 1. The SMILES string of the molecule is CCCNc1cccc(CF)n1. The average molecular weight is 168 g/mol. The first-order valence-corrected chi connectivity index (χ1v) is 4.12. The van der Waals surface area contributed by atoms with E-state index in [4.69, 9.17) is 0 Å². The van der Waals surface area contributed by atoms with E-state index in [1.165, 1.54) is 0 Å². The highest BCUT2D eigenvalue weighted by molar-refractivity contribution is 5.34. The number of nitrogens with zero attached hydrogens (tertiary/aromatic N) is 1. The molecule has 0 fully saturated rings. The van der Waals surface area contributed by atoms with Crippen LogP contribution in [0.15, 0.2) is 18.2 Å². The molecule has 0 saturated carbocycles. The summed E-state index contributed by atoms with van der Waals surface area (Å²) in [5.74, 6) is 0.756. The van der Waals surface area contributed by atoms with Crippen LogP contribution >= 0.6 is 0 Å². The summed E-state index contributed by atoms with van der Waals surface area (Å²) in [7, 11) is 0. The van der Waals surface area contributed by atoms with E-state index in [1.54, 1.807) is 12.1 Å². The van der Waals surface area contributed by atoms with Gasteiger partial charge in [-0.25, -0.2) is 9.37 Å². The molecule has 0 radical (unpaired) electrons. The van der Waals surface area contributed by atoms with Crippen molar-refractivity contribution in [3.05, 3.63) is 23.9 Å². The van der Waals surface area contributed by atoms with Gasteiger partial charge in [0.25, 0.3) is 0 Å². The zero-order valence-electron chi connectivity index (χ0n) is 7.18. The summed E-state index contributed by atoms with van der Waals surface area (Å²) in [4.78, 5) is 4.04. The number of hydrogen-bond acceptors (Lipinski definition) is 2. The van der Waals surface area contributed by atoms with Gasteiger partial charge >= 0.3 is 0 Å². The van der Waals surface area contributed by atoms with Crippen molar-refractivity contribution in [3.8, 4) is 0 Å². The van der Waals surface area contributed by atoms with E-state index >= 15 is 0 Å². The van der Waals surface area contributed by atoms with Gasteiger partial charge in [-0.3, -0.25) is 0 Å². The summed E-state index contributed by atoms with van der Waals surface area (Å²) < 4.78 is 12.1. The van der Waals surface area contributed by atoms with E-state index in [-0.39, 0.29) is 0 Å². The zero-order valence-corrected chi connectivity index (χ0v) is 7.18. The molecule has 1 N–H and O–H groups in total. The third kappa shape index (κ3) is 2.49. The number of pyridine rings is 1. The van der Waals surface area contributed by atoms with Crippen molar-refractivity contribution in [1.82, 2.24) is 4.98 Å². The van der Waals surface area contributed by atoms with Gasteiger partial charge in [0.2, 0.25) is 0 Å². The second-order valence-corrected chi connectivity index (χ2v) is 2.57. The molecule has 12 heavy (non-hydrogen) atoms. The Kier molecular flexibility index (Phi) is 3.51. The fraction of sp³-hybridized carbons (Fsp3) is 0.444. The number of hydrogen-bond donors (Lipinski definition) is 1. The van der Waals surface area contributed by atoms with Crippen molar-refractivity contribution >= 4 is 5.82 Å². The first kappa shape index (κ1) is 8.97. The van der Waals surface area contributed by atoms with E-state index in [0.29, 0.717) is 5.69 Å². The quantitative estimate of drug-likeness (QED) is 0.746. The van der Waals surface area contributed by atoms with Gasteiger partial charge in [0.1, 0.15) is 12.5 Å². The van der Waals surface area contributed by atoms with Crippen LogP contribution in [0.4, 0.5) is 10.2 Å². The van der Waals surface area contributed by atoms with E-state index < -0.39 is 6.67 Å². The highest BCUT2D eigenvalue weighted by Crippen LogP contribution is 2.05. The fourth-order valence-corrected chi connectivity index (χ4v) is 0.906. The molecule has 0 bridgehead atoms. The number of aromatic nitrogens is 1. The molecule has 1 aromatic heterocycles. The smallest absolute Gasteiger partial charge is 0.132 e. The molecule has 0 atom stereocenters. The molecule has 1 heterocycles. The molecule has 0 aromatic carbocycles. The average Bonchev–Trinajstić information content (AvgIpc) is 2.15. The van der Waals surface area contributed by atoms with Gasteiger partial charge in [0.15, 0.2) is 0 Å². The van der Waals surface area contributed by atoms with Crippen LogP contribution in [0.25, 0.3) is 0 Å². The Morgan fingerprint density at radius 2 is 2.33 bits per heavy atom. The lowest BCUT2D eigenvalue weighted by Crippen LogP contribution is -2.02. The Balaban J connectivity index is 2.60. The second kappa shape index (κ2) is 4.70. The van der Waals surface area contributed by atoms with Gasteiger partial charge in [-0.1, -0.05) is 13.0 Å². The molecule has 0 saturated heterocycles. The molecular weight excluding hydrogens is 155 g/mol. The molecule has 3 heteroatoms. The minimum absolute atomic E-state index is 0.483. The molecule has 0 spiro atoms. The maximum absolute atomic E-state index is 12.1. The summed E-state index contributed by atoms with van der Waals surface area (Å²) in [5.41, 5.74) is 0.483. The highest BCUT2D eigenvalue weighted by atomic mass is 19.1. The van der Waals surface area contributed by atoms with Crippen LogP contribution in [-0.4, -0.2) is 11.5 Å². The van der Waals surface area contributed by atoms with Crippen molar-refractivity contribution in [2.75, 3.05) is 11.9 Å². The fourth-order valence-electron chi connectivity index (χ4n) is 0.906. The number of nitrogens with one attached hydrogen (secondary N) is 1. The van der Waals surface area contributed by atoms with Gasteiger partial charge in [-0.05, 0) is 18.6 Å². The lowest BCUT2D eigenvalue weighted by Gasteiger charge is -2.03. The largest absolute Gasteiger partial charge is 0.370 e. The lowest BCUT2D eigenvalue weighted by atomic mass is 10.3. The Morgan fingerprint density at radius 3 is 3.00 bits per heavy atom. The molecule has 2 nitrogen and oxygen atoms in total. The van der Waals surface area contributed by atoms with E-state index in [2.05, 4.69) is 17.2 Å². The van der Waals surface area contributed by atoms with Crippen LogP contribution in [0.1, 0.15) is 19.0 Å². The highest BCUT2D eigenvalue weighted by Gasteiger charge is 1.94. The summed E-state index contributed by atoms with van der Waals surface area (Å²) in [5, 5.41) is 3.09. The Hall–Kier alpha value is -1.12. The molecule has 66 valence electrons. The Morgan fingerprint density at radius 1 is 1.50 bits per heavy atom. The molecule has 0 aliphatic rings. The van der Waals surface area contributed by atoms with Crippen LogP contribution in [-0.2, 0) is 6.67 Å². The summed E-state index contributed by atoms with van der Waals surface area (Å²) in [6, 6.07) is 5.33. The Bertz CT molecular complexity index is 238. The lowest BCUT2D eigenvalue weighted by molar-refractivity contribution is 0.476. The zero-order chi connectivity index (χ0) is 8.81. The first-order valence-electron chi connectivity index (χ1n) is 4.12. The molecular formula is C9H13FN2. The van der Waals surface area contributed by atoms with Crippen LogP contribution in [0.3, 0.4) is 0 Å². The van der Waals surface area contributed by atoms with E-state index in [1.807, 2.05) is 6.07 Å². The predicted molar refractivity (Wildman–Crippen MR) is 47.8 cm³/mol. The standard InChI is InChI=1S/C9H13FN2/c1-2-6-11-9-5-3-4-8(7-10)12-9/h3-5H,2,6-7H2,1H3,(H,11,12). The van der Waals surface area contributed by atoms with Crippen LogP contribution < -0.4 is 5.32 Å². The monoisotopic (exact) mass is 168 g/mol. The van der Waals surface area contributed by atoms with Crippen molar-refractivity contribution in [1.29, 1.82) is 0 Å². The molecule has 0 aliphatic carbocycles. The minimum Gasteiger partial charge on any atom is -0.370 e. The van der Waals surface area contributed by atoms with Crippen molar-refractivity contribution in [2.45, 2.75) is 20.0 Å². The van der Waals surface area contributed by atoms with Crippen LogP contribution in [0, 0.1) is 0 Å². The molecule has 0 amide bonds. The van der Waals surface area contributed by atoms with Crippen LogP contribution in [0.5, 0.6) is 0 Å². The van der Waals surface area contributed by atoms with Crippen molar-refractivity contribution in [3.63, 3.8) is 0 Å². The summed E-state index contributed by atoms with van der Waals surface area (Å²) in [6.07, 6.45) is 1.04. The third-order valence-corrected chi connectivity index (χ3v) is 1.50. The number of rotatable bonds is 4. The van der Waals surface area contributed by atoms with E-state index in [9.17, 15) is 4.39 Å². The normalized spacial score (nSPS) is 9.83. The van der Waals surface area contributed by atoms with Gasteiger partial charge in [0, 0.05) is 6.54 Å².